The Kier molecular flexibility index (Phi) is 3.81. The van der Waals surface area contributed by atoms with Gasteiger partial charge < -0.3 is 5.32 Å². The maximum atomic E-state index is 4.67. The van der Waals surface area contributed by atoms with Gasteiger partial charge in [0.25, 0.3) is 0 Å². The van der Waals surface area contributed by atoms with Crippen molar-refractivity contribution in [2.75, 3.05) is 11.9 Å². The van der Waals surface area contributed by atoms with E-state index in [9.17, 15) is 0 Å². The van der Waals surface area contributed by atoms with Gasteiger partial charge in [0, 0.05) is 6.54 Å². The van der Waals surface area contributed by atoms with Gasteiger partial charge in [-0.1, -0.05) is 6.92 Å². The highest BCUT2D eigenvalue weighted by molar-refractivity contribution is 9.11. The Morgan fingerprint density at radius 3 is 2.89 bits per heavy atom. The van der Waals surface area contributed by atoms with E-state index in [1.54, 1.807) is 22.7 Å². The summed E-state index contributed by atoms with van der Waals surface area (Å²) in [6.07, 6.45) is 1.08. The number of thiophene rings is 2. The van der Waals surface area contributed by atoms with Gasteiger partial charge in [-0.05, 0) is 45.9 Å². The zero-order valence-electron chi connectivity index (χ0n) is 10.3. The van der Waals surface area contributed by atoms with Crippen molar-refractivity contribution in [3.05, 3.63) is 27.4 Å². The number of nitrogens with zero attached hydrogens (tertiary/aromatic N) is 2. The second-order valence-corrected chi connectivity index (χ2v) is 7.42. The molecule has 0 radical (unpaired) electrons. The molecule has 0 amide bonds. The van der Waals surface area contributed by atoms with Gasteiger partial charge in [0.15, 0.2) is 5.82 Å². The molecule has 98 valence electrons. The van der Waals surface area contributed by atoms with Crippen molar-refractivity contribution in [2.45, 2.75) is 13.3 Å². The van der Waals surface area contributed by atoms with Crippen molar-refractivity contribution < 1.29 is 0 Å². The fourth-order valence-corrected chi connectivity index (χ4v) is 3.86. The third-order valence-corrected chi connectivity index (χ3v) is 5.09. The van der Waals surface area contributed by atoms with E-state index in [0.717, 1.165) is 43.5 Å². The summed E-state index contributed by atoms with van der Waals surface area (Å²) >= 11 is 6.79. The van der Waals surface area contributed by atoms with Crippen LogP contribution in [0, 0.1) is 0 Å². The van der Waals surface area contributed by atoms with Crippen molar-refractivity contribution in [3.63, 3.8) is 0 Å². The van der Waals surface area contributed by atoms with Crippen LogP contribution in [0.25, 0.3) is 20.9 Å². The zero-order chi connectivity index (χ0) is 13.2. The largest absolute Gasteiger partial charge is 0.369 e. The van der Waals surface area contributed by atoms with Crippen LogP contribution in [0.15, 0.2) is 27.4 Å². The molecule has 0 bridgehead atoms. The molecule has 3 nitrogen and oxygen atoms in total. The lowest BCUT2D eigenvalue weighted by molar-refractivity contribution is 0.971. The second kappa shape index (κ2) is 5.56. The molecular formula is C13H12BrN3S2. The summed E-state index contributed by atoms with van der Waals surface area (Å²) in [5.74, 6) is 1.73. The van der Waals surface area contributed by atoms with Crippen LogP contribution in [-0.4, -0.2) is 16.5 Å². The van der Waals surface area contributed by atoms with Crippen molar-refractivity contribution >= 4 is 54.6 Å². The Morgan fingerprint density at radius 1 is 1.26 bits per heavy atom. The van der Waals surface area contributed by atoms with E-state index < -0.39 is 0 Å². The summed E-state index contributed by atoms with van der Waals surface area (Å²) in [4.78, 5) is 11.4. The highest BCUT2D eigenvalue weighted by Crippen LogP contribution is 2.33. The van der Waals surface area contributed by atoms with Crippen LogP contribution in [0.1, 0.15) is 13.3 Å². The zero-order valence-corrected chi connectivity index (χ0v) is 13.5. The van der Waals surface area contributed by atoms with Crippen molar-refractivity contribution in [1.82, 2.24) is 9.97 Å². The quantitative estimate of drug-likeness (QED) is 0.716. The fourth-order valence-electron chi connectivity index (χ4n) is 1.78. The van der Waals surface area contributed by atoms with Crippen LogP contribution in [0.2, 0.25) is 0 Å². The van der Waals surface area contributed by atoms with Gasteiger partial charge in [0.2, 0.25) is 0 Å². The number of rotatable bonds is 4. The average molecular weight is 354 g/mol. The van der Waals surface area contributed by atoms with E-state index in [1.807, 2.05) is 12.1 Å². The molecule has 6 heteroatoms. The number of nitrogens with one attached hydrogen (secondary N) is 1. The summed E-state index contributed by atoms with van der Waals surface area (Å²) in [5, 5.41) is 6.56. The molecule has 0 aromatic carbocycles. The first-order valence-electron chi connectivity index (χ1n) is 6.02. The number of aromatic nitrogens is 2. The Labute approximate surface area is 127 Å². The number of fused-ring (bicyclic) bond motifs is 1. The fraction of sp³-hybridized carbons (Fsp3) is 0.231. The number of halogens is 1. The summed E-state index contributed by atoms with van der Waals surface area (Å²) < 4.78 is 1.10. The summed E-state index contributed by atoms with van der Waals surface area (Å²) in [7, 11) is 0. The summed E-state index contributed by atoms with van der Waals surface area (Å²) in [6, 6.07) is 6.15. The van der Waals surface area contributed by atoms with Crippen LogP contribution < -0.4 is 5.32 Å². The maximum absolute atomic E-state index is 4.67. The van der Waals surface area contributed by atoms with Gasteiger partial charge in [0.1, 0.15) is 10.6 Å². The van der Waals surface area contributed by atoms with Gasteiger partial charge >= 0.3 is 0 Å². The van der Waals surface area contributed by atoms with Crippen molar-refractivity contribution in [2.24, 2.45) is 0 Å². The monoisotopic (exact) mass is 353 g/mol. The van der Waals surface area contributed by atoms with Crippen molar-refractivity contribution in [1.29, 1.82) is 0 Å². The summed E-state index contributed by atoms with van der Waals surface area (Å²) in [5.41, 5.74) is 0. The number of hydrogen-bond donors (Lipinski definition) is 1. The minimum Gasteiger partial charge on any atom is -0.369 e. The molecule has 3 heterocycles. The maximum Gasteiger partial charge on any atom is 0.173 e. The Hall–Kier alpha value is -0.980. The Balaban J connectivity index is 2.10. The minimum absolute atomic E-state index is 0.796. The number of hydrogen-bond acceptors (Lipinski definition) is 5. The first-order chi connectivity index (χ1) is 9.28. The van der Waals surface area contributed by atoms with Gasteiger partial charge in [-0.2, -0.15) is 0 Å². The lowest BCUT2D eigenvalue weighted by Crippen LogP contribution is -2.03. The standard InChI is InChI=1S/C13H12BrN3S2/c1-2-6-15-11-8-5-7-18-13(8)17-12(16-11)9-3-4-10(14)19-9/h3-5,7H,2,6H2,1H3,(H,15,16,17). The molecule has 0 saturated carbocycles. The van der Waals surface area contributed by atoms with Gasteiger partial charge in [-0.25, -0.2) is 9.97 Å². The highest BCUT2D eigenvalue weighted by atomic mass is 79.9. The third kappa shape index (κ3) is 2.66. The highest BCUT2D eigenvalue weighted by Gasteiger charge is 2.11. The molecular weight excluding hydrogens is 342 g/mol. The predicted molar refractivity (Wildman–Crippen MR) is 87.2 cm³/mol. The first kappa shape index (κ1) is 13.0. The van der Waals surface area contributed by atoms with Crippen LogP contribution in [0.3, 0.4) is 0 Å². The molecule has 1 N–H and O–H groups in total. The van der Waals surface area contributed by atoms with Crippen LogP contribution in [0.4, 0.5) is 5.82 Å². The topological polar surface area (TPSA) is 37.8 Å². The molecule has 0 fully saturated rings. The Morgan fingerprint density at radius 2 is 2.16 bits per heavy atom. The predicted octanol–water partition coefficient (Wildman–Crippen LogP) is 5.00. The van der Waals surface area contributed by atoms with Crippen LogP contribution in [0.5, 0.6) is 0 Å². The Bertz CT molecular complexity index is 705. The minimum atomic E-state index is 0.796. The molecule has 19 heavy (non-hydrogen) atoms. The average Bonchev–Trinajstić information content (AvgIpc) is 3.03. The van der Waals surface area contributed by atoms with Gasteiger partial charge in [0.05, 0.1) is 14.0 Å². The summed E-state index contributed by atoms with van der Waals surface area (Å²) in [6.45, 7) is 3.08. The molecule has 3 rings (SSSR count). The smallest absolute Gasteiger partial charge is 0.173 e. The molecule has 3 aromatic heterocycles. The van der Waals surface area contributed by atoms with Crippen LogP contribution >= 0.6 is 38.6 Å². The molecule has 0 aliphatic carbocycles. The third-order valence-electron chi connectivity index (χ3n) is 2.66. The van der Waals surface area contributed by atoms with E-state index in [0.29, 0.717) is 0 Å². The molecule has 0 aliphatic rings. The van der Waals surface area contributed by atoms with Crippen LogP contribution in [-0.2, 0) is 0 Å². The second-order valence-electron chi connectivity index (χ2n) is 4.07. The van der Waals surface area contributed by atoms with E-state index >= 15 is 0 Å². The van der Waals surface area contributed by atoms with Gasteiger partial charge in [-0.3, -0.25) is 0 Å². The van der Waals surface area contributed by atoms with E-state index in [1.165, 1.54) is 0 Å². The molecule has 0 spiro atoms. The van der Waals surface area contributed by atoms with Gasteiger partial charge in [-0.15, -0.1) is 22.7 Å². The SMILES string of the molecule is CCCNc1nc(-c2ccc(Br)s2)nc2sccc12. The molecule has 0 saturated heterocycles. The van der Waals surface area contributed by atoms with E-state index in [-0.39, 0.29) is 0 Å². The van der Waals surface area contributed by atoms with E-state index in [4.69, 9.17) is 0 Å². The molecule has 0 unspecified atom stereocenters. The normalized spacial score (nSPS) is 11.1. The van der Waals surface area contributed by atoms with Crippen molar-refractivity contribution in [3.8, 4) is 10.7 Å². The lowest BCUT2D eigenvalue weighted by Gasteiger charge is -2.06. The van der Waals surface area contributed by atoms with E-state index in [2.05, 4.69) is 49.6 Å². The molecule has 0 aliphatic heterocycles. The lowest BCUT2D eigenvalue weighted by atomic mass is 10.3. The molecule has 0 atom stereocenters. The number of anilines is 1. The first-order valence-corrected chi connectivity index (χ1v) is 8.51. The molecule has 3 aromatic rings.